The molecule has 8 nitrogen and oxygen atoms in total. The largest absolute Gasteiger partial charge is 0.355 e. The maximum Gasteiger partial charge on any atom is 0.254 e. The standard InChI is InChI=1S/C20H23N7OS/c28-20(15-4-5-16-17(14-15)24-29-23-16)27-12-10-26(11-13-27)19-7-6-18(21-22-19)25-8-2-1-3-9-25/h4-7,14H,1-3,8-13H2. The summed E-state index contributed by atoms with van der Waals surface area (Å²) < 4.78 is 8.43. The molecule has 4 heterocycles. The van der Waals surface area contributed by atoms with Gasteiger partial charge in [0, 0.05) is 44.8 Å². The van der Waals surface area contributed by atoms with Crippen LogP contribution in [0.2, 0.25) is 0 Å². The number of anilines is 2. The number of aromatic nitrogens is 4. The minimum absolute atomic E-state index is 0.0473. The summed E-state index contributed by atoms with van der Waals surface area (Å²) in [4.78, 5) is 19.3. The SMILES string of the molecule is O=C(c1ccc2nsnc2c1)N1CCN(c2ccc(N3CCCCC3)nn2)CC1. The van der Waals surface area contributed by atoms with Crippen LogP contribution < -0.4 is 9.80 Å². The van der Waals surface area contributed by atoms with Crippen LogP contribution in [0.15, 0.2) is 30.3 Å². The first kappa shape index (κ1) is 18.2. The Balaban J connectivity index is 1.21. The Bertz CT molecular complexity index is 991. The van der Waals surface area contributed by atoms with Gasteiger partial charge in [-0.1, -0.05) is 0 Å². The van der Waals surface area contributed by atoms with Crippen LogP contribution in [0.3, 0.4) is 0 Å². The average Bonchev–Trinajstić information content (AvgIpc) is 3.27. The monoisotopic (exact) mass is 409 g/mol. The fourth-order valence-electron chi connectivity index (χ4n) is 4.01. The molecule has 1 aromatic carbocycles. The second-order valence-electron chi connectivity index (χ2n) is 7.54. The van der Waals surface area contributed by atoms with Crippen LogP contribution in [0.5, 0.6) is 0 Å². The van der Waals surface area contributed by atoms with E-state index in [9.17, 15) is 4.79 Å². The third-order valence-electron chi connectivity index (χ3n) is 5.71. The van der Waals surface area contributed by atoms with Crippen molar-refractivity contribution < 1.29 is 4.79 Å². The van der Waals surface area contributed by atoms with Gasteiger partial charge >= 0.3 is 0 Å². The highest BCUT2D eigenvalue weighted by atomic mass is 32.1. The summed E-state index contributed by atoms with van der Waals surface area (Å²) in [6.45, 7) is 4.98. The lowest BCUT2D eigenvalue weighted by Crippen LogP contribution is -2.49. The van der Waals surface area contributed by atoms with Crippen molar-refractivity contribution >= 4 is 40.3 Å². The molecule has 0 unspecified atom stereocenters. The van der Waals surface area contributed by atoms with Crippen molar-refractivity contribution in [2.24, 2.45) is 0 Å². The maximum atomic E-state index is 12.9. The number of hydrogen-bond donors (Lipinski definition) is 0. The van der Waals surface area contributed by atoms with Crippen LogP contribution in [0.4, 0.5) is 11.6 Å². The van der Waals surface area contributed by atoms with Gasteiger partial charge in [-0.15, -0.1) is 10.2 Å². The number of rotatable bonds is 3. The Hall–Kier alpha value is -2.81. The van der Waals surface area contributed by atoms with Crippen LogP contribution in [0, 0.1) is 0 Å². The normalized spacial score (nSPS) is 17.7. The molecular weight excluding hydrogens is 386 g/mol. The van der Waals surface area contributed by atoms with Crippen molar-refractivity contribution in [3.63, 3.8) is 0 Å². The molecule has 2 aliphatic rings. The van der Waals surface area contributed by atoms with Crippen LogP contribution >= 0.6 is 11.7 Å². The highest BCUT2D eigenvalue weighted by Crippen LogP contribution is 2.21. The number of hydrogen-bond acceptors (Lipinski definition) is 8. The van der Waals surface area contributed by atoms with Crippen molar-refractivity contribution in [1.82, 2.24) is 23.8 Å². The number of carbonyl (C=O) groups excluding carboxylic acids is 1. The van der Waals surface area contributed by atoms with E-state index in [1.807, 2.05) is 23.1 Å². The number of piperazine rings is 1. The fraction of sp³-hybridized carbons (Fsp3) is 0.450. The third kappa shape index (κ3) is 3.74. The highest BCUT2D eigenvalue weighted by molar-refractivity contribution is 7.00. The van der Waals surface area contributed by atoms with E-state index in [0.717, 1.165) is 48.8 Å². The lowest BCUT2D eigenvalue weighted by molar-refractivity contribution is 0.0746. The molecule has 0 radical (unpaired) electrons. The summed E-state index contributed by atoms with van der Waals surface area (Å²) in [7, 11) is 0. The molecule has 1 amide bonds. The van der Waals surface area contributed by atoms with Gasteiger partial charge in [0.1, 0.15) is 11.0 Å². The van der Waals surface area contributed by atoms with Crippen molar-refractivity contribution in [1.29, 1.82) is 0 Å². The van der Waals surface area contributed by atoms with Gasteiger partial charge in [0.05, 0.1) is 11.7 Å². The molecule has 0 atom stereocenters. The Morgan fingerprint density at radius 3 is 2.10 bits per heavy atom. The van der Waals surface area contributed by atoms with E-state index in [1.54, 1.807) is 0 Å². The smallest absolute Gasteiger partial charge is 0.254 e. The quantitative estimate of drug-likeness (QED) is 0.657. The van der Waals surface area contributed by atoms with E-state index in [0.29, 0.717) is 18.7 Å². The van der Waals surface area contributed by atoms with E-state index in [1.165, 1.54) is 31.0 Å². The number of piperidine rings is 1. The summed E-state index contributed by atoms with van der Waals surface area (Å²) in [5.74, 6) is 1.90. The van der Waals surface area contributed by atoms with E-state index in [2.05, 4.69) is 40.9 Å². The van der Waals surface area contributed by atoms with Gasteiger partial charge in [0.2, 0.25) is 0 Å². The summed E-state index contributed by atoms with van der Waals surface area (Å²) >= 11 is 1.17. The van der Waals surface area contributed by atoms with Crippen LogP contribution in [0.1, 0.15) is 29.6 Å². The van der Waals surface area contributed by atoms with Gasteiger partial charge in [-0.2, -0.15) is 8.75 Å². The van der Waals surface area contributed by atoms with E-state index in [4.69, 9.17) is 0 Å². The molecule has 9 heteroatoms. The zero-order valence-electron chi connectivity index (χ0n) is 16.2. The van der Waals surface area contributed by atoms with Crippen molar-refractivity contribution in [2.45, 2.75) is 19.3 Å². The molecule has 150 valence electrons. The molecule has 2 saturated heterocycles. The van der Waals surface area contributed by atoms with E-state index >= 15 is 0 Å². The zero-order chi connectivity index (χ0) is 19.6. The first-order chi connectivity index (χ1) is 14.3. The van der Waals surface area contributed by atoms with Gasteiger partial charge in [-0.25, -0.2) is 0 Å². The highest BCUT2D eigenvalue weighted by Gasteiger charge is 2.24. The van der Waals surface area contributed by atoms with Gasteiger partial charge in [-0.05, 0) is 49.6 Å². The minimum Gasteiger partial charge on any atom is -0.355 e. The Labute approximate surface area is 173 Å². The summed E-state index contributed by atoms with van der Waals surface area (Å²) in [5, 5.41) is 8.90. The van der Waals surface area contributed by atoms with Gasteiger partial charge in [-0.3, -0.25) is 4.79 Å². The first-order valence-electron chi connectivity index (χ1n) is 10.1. The number of amides is 1. The van der Waals surface area contributed by atoms with Crippen LogP contribution in [-0.4, -0.2) is 69.0 Å². The molecule has 0 bridgehead atoms. The molecule has 3 aromatic rings. The van der Waals surface area contributed by atoms with E-state index in [-0.39, 0.29) is 5.91 Å². The summed E-state index contributed by atoms with van der Waals surface area (Å²) in [6, 6.07) is 9.66. The molecule has 2 fully saturated rings. The summed E-state index contributed by atoms with van der Waals surface area (Å²) in [6.07, 6.45) is 3.76. The summed E-state index contributed by atoms with van der Waals surface area (Å²) in [5.41, 5.74) is 2.29. The number of carbonyl (C=O) groups is 1. The lowest BCUT2D eigenvalue weighted by atomic mass is 10.1. The van der Waals surface area contributed by atoms with Crippen molar-refractivity contribution in [3.05, 3.63) is 35.9 Å². The van der Waals surface area contributed by atoms with Crippen molar-refractivity contribution in [3.8, 4) is 0 Å². The molecule has 0 aliphatic carbocycles. The number of benzene rings is 1. The Kier molecular flexibility index (Phi) is 4.97. The first-order valence-corrected chi connectivity index (χ1v) is 10.9. The fourth-order valence-corrected chi connectivity index (χ4v) is 4.53. The lowest BCUT2D eigenvalue weighted by Gasteiger charge is -2.35. The zero-order valence-corrected chi connectivity index (χ0v) is 17.0. The second-order valence-corrected chi connectivity index (χ2v) is 8.07. The Morgan fingerprint density at radius 2 is 1.41 bits per heavy atom. The predicted molar refractivity (Wildman–Crippen MR) is 114 cm³/mol. The Morgan fingerprint density at radius 1 is 0.759 bits per heavy atom. The van der Waals surface area contributed by atoms with Gasteiger partial charge < -0.3 is 14.7 Å². The van der Waals surface area contributed by atoms with Gasteiger partial charge in [0.25, 0.3) is 5.91 Å². The topological polar surface area (TPSA) is 78.4 Å². The van der Waals surface area contributed by atoms with Crippen LogP contribution in [0.25, 0.3) is 11.0 Å². The average molecular weight is 410 g/mol. The molecule has 2 aliphatic heterocycles. The molecule has 0 N–H and O–H groups in total. The van der Waals surface area contributed by atoms with Gasteiger partial charge in [0.15, 0.2) is 11.6 Å². The van der Waals surface area contributed by atoms with E-state index < -0.39 is 0 Å². The molecule has 29 heavy (non-hydrogen) atoms. The molecular formula is C20H23N7OS. The second kappa shape index (κ2) is 7.90. The maximum absolute atomic E-state index is 12.9. The number of nitrogens with zero attached hydrogens (tertiary/aromatic N) is 7. The minimum atomic E-state index is 0.0473. The third-order valence-corrected chi connectivity index (χ3v) is 6.26. The molecule has 0 saturated carbocycles. The van der Waals surface area contributed by atoms with Crippen molar-refractivity contribution in [2.75, 3.05) is 49.1 Å². The van der Waals surface area contributed by atoms with Crippen LogP contribution in [-0.2, 0) is 0 Å². The number of fused-ring (bicyclic) bond motifs is 1. The molecule has 5 rings (SSSR count). The molecule has 0 spiro atoms. The molecule has 2 aromatic heterocycles. The predicted octanol–water partition coefficient (Wildman–Crippen LogP) is 2.43.